The summed E-state index contributed by atoms with van der Waals surface area (Å²) in [6, 6.07) is 7.81. The molecule has 0 aliphatic heterocycles. The van der Waals surface area contributed by atoms with Crippen molar-refractivity contribution in [3.05, 3.63) is 42.0 Å². The van der Waals surface area contributed by atoms with E-state index >= 15 is 0 Å². The van der Waals surface area contributed by atoms with Crippen LogP contribution in [0.4, 0.5) is 4.79 Å². The van der Waals surface area contributed by atoms with Crippen LogP contribution < -0.4 is 4.74 Å². The van der Waals surface area contributed by atoms with Gasteiger partial charge in [0.1, 0.15) is 17.5 Å². The van der Waals surface area contributed by atoms with Crippen LogP contribution in [-0.2, 0) is 25.2 Å². The number of ether oxygens (including phenoxy) is 4. The normalized spacial score (nSPS) is 15.5. The predicted molar refractivity (Wildman–Crippen MR) is 144 cm³/mol. The van der Waals surface area contributed by atoms with Crippen LogP contribution in [0.3, 0.4) is 0 Å². The van der Waals surface area contributed by atoms with E-state index in [1.165, 1.54) is 0 Å². The third kappa shape index (κ3) is 11.6. The summed E-state index contributed by atoms with van der Waals surface area (Å²) >= 11 is 0. The SMILES string of the molecule is COc1ccc(COC/C=C\[C@H](C)[C@@H](OC(=O)OC(C)(C)C)[C@H](C)CO[Si](C)(C)C(C)(C)C)cc1. The van der Waals surface area contributed by atoms with Gasteiger partial charge in [0.05, 0.1) is 20.3 Å². The number of benzene rings is 1. The van der Waals surface area contributed by atoms with E-state index in [1.807, 2.05) is 64.1 Å². The monoisotopic (exact) mass is 508 g/mol. The minimum Gasteiger partial charge on any atom is -0.497 e. The molecule has 1 aromatic rings. The number of carbonyl (C=O) groups is 1. The first-order valence-corrected chi connectivity index (χ1v) is 15.4. The molecule has 0 aliphatic rings. The number of hydrogen-bond donors (Lipinski definition) is 0. The zero-order chi connectivity index (χ0) is 26.9. The third-order valence-electron chi connectivity index (χ3n) is 6.30. The predicted octanol–water partition coefficient (Wildman–Crippen LogP) is 7.38. The van der Waals surface area contributed by atoms with E-state index in [2.05, 4.69) is 40.8 Å². The Balaban J connectivity index is 2.76. The van der Waals surface area contributed by atoms with Crippen molar-refractivity contribution < 1.29 is 28.2 Å². The molecule has 1 rings (SSSR count). The number of methoxy groups -OCH3 is 1. The minimum atomic E-state index is -1.92. The van der Waals surface area contributed by atoms with Crippen molar-refractivity contribution in [2.45, 2.75) is 91.8 Å². The Bertz CT molecular complexity index is 789. The fraction of sp³-hybridized carbons (Fsp3) is 0.679. The van der Waals surface area contributed by atoms with Crippen molar-refractivity contribution in [1.82, 2.24) is 0 Å². The highest BCUT2D eigenvalue weighted by atomic mass is 28.4. The van der Waals surface area contributed by atoms with Gasteiger partial charge in [-0.05, 0) is 56.6 Å². The summed E-state index contributed by atoms with van der Waals surface area (Å²) in [4.78, 5) is 12.5. The molecule has 0 amide bonds. The molecule has 7 heteroatoms. The van der Waals surface area contributed by atoms with E-state index in [0.717, 1.165) is 11.3 Å². The van der Waals surface area contributed by atoms with E-state index in [1.54, 1.807) is 7.11 Å². The first-order chi connectivity index (χ1) is 16.1. The summed E-state index contributed by atoms with van der Waals surface area (Å²) in [6.45, 7) is 22.2. The zero-order valence-electron chi connectivity index (χ0n) is 23.8. The van der Waals surface area contributed by atoms with E-state index in [9.17, 15) is 4.79 Å². The fourth-order valence-corrected chi connectivity index (χ4v) is 4.24. The highest BCUT2D eigenvalue weighted by molar-refractivity contribution is 6.74. The third-order valence-corrected chi connectivity index (χ3v) is 10.8. The molecule has 0 saturated heterocycles. The van der Waals surface area contributed by atoms with Crippen LogP contribution in [0.2, 0.25) is 18.1 Å². The molecule has 0 N–H and O–H groups in total. The zero-order valence-corrected chi connectivity index (χ0v) is 24.8. The summed E-state index contributed by atoms with van der Waals surface area (Å²) in [5.41, 5.74) is 0.464. The van der Waals surface area contributed by atoms with E-state index in [-0.39, 0.29) is 23.0 Å². The van der Waals surface area contributed by atoms with Crippen molar-refractivity contribution in [3.8, 4) is 5.75 Å². The van der Waals surface area contributed by atoms with E-state index in [4.69, 9.17) is 23.4 Å². The molecule has 0 fully saturated rings. The molecule has 0 bridgehead atoms. The highest BCUT2D eigenvalue weighted by Crippen LogP contribution is 2.37. The Morgan fingerprint density at radius 1 is 1.03 bits per heavy atom. The number of hydrogen-bond acceptors (Lipinski definition) is 6. The Hall–Kier alpha value is -1.83. The Morgan fingerprint density at radius 2 is 1.63 bits per heavy atom. The maximum Gasteiger partial charge on any atom is 0.509 e. The average Bonchev–Trinajstić information content (AvgIpc) is 2.74. The number of rotatable bonds is 12. The quantitative estimate of drug-likeness (QED) is 0.127. The molecular formula is C28H48O6Si. The summed E-state index contributed by atoms with van der Waals surface area (Å²) in [5, 5.41) is 0.112. The fourth-order valence-electron chi connectivity index (χ4n) is 3.12. The summed E-state index contributed by atoms with van der Waals surface area (Å²) in [7, 11) is -0.268. The number of carbonyl (C=O) groups excluding carboxylic acids is 1. The second kappa shape index (κ2) is 13.5. The molecule has 3 atom stereocenters. The highest BCUT2D eigenvalue weighted by Gasteiger charge is 2.38. The van der Waals surface area contributed by atoms with Gasteiger partial charge in [-0.2, -0.15) is 0 Å². The molecular weight excluding hydrogens is 460 g/mol. The van der Waals surface area contributed by atoms with Gasteiger partial charge in [0.15, 0.2) is 8.32 Å². The van der Waals surface area contributed by atoms with Crippen LogP contribution in [0.5, 0.6) is 5.75 Å². The average molecular weight is 509 g/mol. The molecule has 0 aromatic heterocycles. The van der Waals surface area contributed by atoms with Gasteiger partial charge in [-0.15, -0.1) is 0 Å². The molecule has 200 valence electrons. The smallest absolute Gasteiger partial charge is 0.497 e. The molecule has 35 heavy (non-hydrogen) atoms. The van der Waals surface area contributed by atoms with Crippen LogP contribution >= 0.6 is 0 Å². The Kier molecular flexibility index (Phi) is 12.0. The van der Waals surface area contributed by atoms with Crippen LogP contribution in [0.25, 0.3) is 0 Å². The Labute approximate surface area is 214 Å². The van der Waals surface area contributed by atoms with Crippen molar-refractivity contribution >= 4 is 14.5 Å². The maximum absolute atomic E-state index is 12.5. The molecule has 1 aromatic carbocycles. The first-order valence-electron chi connectivity index (χ1n) is 12.5. The van der Waals surface area contributed by atoms with Gasteiger partial charge in [-0.3, -0.25) is 0 Å². The lowest BCUT2D eigenvalue weighted by molar-refractivity contribution is -0.0516. The first kappa shape index (κ1) is 31.2. The van der Waals surface area contributed by atoms with Crippen molar-refractivity contribution in [3.63, 3.8) is 0 Å². The van der Waals surface area contributed by atoms with Gasteiger partial charge in [0, 0.05) is 18.4 Å². The van der Waals surface area contributed by atoms with Gasteiger partial charge >= 0.3 is 6.16 Å². The topological polar surface area (TPSA) is 63.2 Å². The summed E-state index contributed by atoms with van der Waals surface area (Å²) in [5.74, 6) is 0.784. The largest absolute Gasteiger partial charge is 0.509 e. The van der Waals surface area contributed by atoms with Crippen molar-refractivity contribution in [2.24, 2.45) is 11.8 Å². The van der Waals surface area contributed by atoms with Crippen LogP contribution in [0, 0.1) is 11.8 Å². The molecule has 0 aliphatic carbocycles. The van der Waals surface area contributed by atoms with Gasteiger partial charge < -0.3 is 23.4 Å². The Morgan fingerprint density at radius 3 is 2.14 bits per heavy atom. The summed E-state index contributed by atoms with van der Waals surface area (Å²) in [6.07, 6.45) is 2.97. The summed E-state index contributed by atoms with van der Waals surface area (Å²) < 4.78 is 28.6. The van der Waals surface area contributed by atoms with Gasteiger partial charge in [-0.25, -0.2) is 4.79 Å². The van der Waals surface area contributed by atoms with Crippen molar-refractivity contribution in [2.75, 3.05) is 20.3 Å². The molecule has 0 saturated carbocycles. The molecule has 6 nitrogen and oxygen atoms in total. The van der Waals surface area contributed by atoms with Gasteiger partial charge in [0.2, 0.25) is 0 Å². The molecule has 0 radical (unpaired) electrons. The lowest BCUT2D eigenvalue weighted by atomic mass is 9.93. The lowest BCUT2D eigenvalue weighted by Crippen LogP contribution is -2.44. The molecule has 0 unspecified atom stereocenters. The second-order valence-electron chi connectivity index (χ2n) is 11.7. The van der Waals surface area contributed by atoms with Crippen LogP contribution in [0.15, 0.2) is 36.4 Å². The van der Waals surface area contributed by atoms with Gasteiger partial charge in [-0.1, -0.05) is 58.9 Å². The van der Waals surface area contributed by atoms with Gasteiger partial charge in [0.25, 0.3) is 0 Å². The minimum absolute atomic E-state index is 0.00323. The standard InChI is InChI=1S/C28H48O6Si/c1-21(13-12-18-31-20-23-14-16-24(30-9)17-15-23)25(33-26(29)34-27(3,4)5)22(2)19-32-35(10,11)28(6,7)8/h12-17,21-22,25H,18-20H2,1-11H3/b13-12-/t21-,22+,25+/m0/s1. The molecule has 0 heterocycles. The molecule has 0 spiro atoms. The van der Waals surface area contributed by atoms with Crippen molar-refractivity contribution in [1.29, 1.82) is 0 Å². The maximum atomic E-state index is 12.5. The lowest BCUT2D eigenvalue weighted by Gasteiger charge is -2.38. The van der Waals surface area contributed by atoms with Crippen LogP contribution in [0.1, 0.15) is 61.0 Å². The van der Waals surface area contributed by atoms with E-state index < -0.39 is 20.1 Å². The van der Waals surface area contributed by atoms with Crippen LogP contribution in [-0.4, -0.2) is 46.5 Å². The van der Waals surface area contributed by atoms with E-state index in [0.29, 0.717) is 19.8 Å². The second-order valence-corrected chi connectivity index (χ2v) is 16.6.